The van der Waals surface area contributed by atoms with E-state index in [1.807, 2.05) is 0 Å². The molecule has 0 spiro atoms. The number of guanidine groups is 1. The predicted octanol–water partition coefficient (Wildman–Crippen LogP) is 2.36. The van der Waals surface area contributed by atoms with Crippen molar-refractivity contribution in [1.29, 1.82) is 0 Å². The van der Waals surface area contributed by atoms with Crippen molar-refractivity contribution in [2.75, 3.05) is 26.7 Å². The molecular formula is C17H33IN6O. The number of hydrogen-bond donors (Lipinski definition) is 2. The largest absolute Gasteiger partial charge is 0.376 e. The third kappa shape index (κ3) is 8.35. The number of ether oxygens (including phenoxy) is 1. The van der Waals surface area contributed by atoms with Crippen molar-refractivity contribution in [3.8, 4) is 0 Å². The molecule has 0 bridgehead atoms. The molecule has 1 aromatic heterocycles. The number of aryl methyl sites for hydroxylation is 1. The molecular weight excluding hydrogens is 431 g/mol. The molecule has 0 amide bonds. The number of aromatic nitrogens is 3. The van der Waals surface area contributed by atoms with E-state index in [0.29, 0.717) is 6.10 Å². The molecule has 1 heterocycles. The Labute approximate surface area is 168 Å². The van der Waals surface area contributed by atoms with E-state index in [-0.39, 0.29) is 24.0 Å². The van der Waals surface area contributed by atoms with Crippen LogP contribution in [0.15, 0.2) is 11.3 Å². The van der Waals surface area contributed by atoms with Crippen molar-refractivity contribution in [3.05, 3.63) is 12.2 Å². The highest BCUT2D eigenvalue weighted by molar-refractivity contribution is 14.0. The minimum absolute atomic E-state index is 0. The number of halogens is 1. The van der Waals surface area contributed by atoms with Gasteiger partial charge in [0.25, 0.3) is 0 Å². The Bertz CT molecular complexity index is 485. The average molecular weight is 464 g/mol. The third-order valence-corrected chi connectivity index (χ3v) is 4.43. The minimum Gasteiger partial charge on any atom is -0.376 e. The van der Waals surface area contributed by atoms with Gasteiger partial charge in [-0.2, -0.15) is 0 Å². The van der Waals surface area contributed by atoms with Gasteiger partial charge in [0.15, 0.2) is 5.96 Å². The van der Waals surface area contributed by atoms with Gasteiger partial charge < -0.3 is 19.9 Å². The van der Waals surface area contributed by atoms with Crippen molar-refractivity contribution in [3.63, 3.8) is 0 Å². The molecule has 1 saturated carbocycles. The molecule has 1 aromatic rings. The maximum absolute atomic E-state index is 5.99. The number of rotatable bonds is 8. The van der Waals surface area contributed by atoms with E-state index in [1.165, 1.54) is 38.5 Å². The van der Waals surface area contributed by atoms with Gasteiger partial charge in [0.1, 0.15) is 12.2 Å². The molecule has 2 N–H and O–H groups in total. The van der Waals surface area contributed by atoms with Gasteiger partial charge >= 0.3 is 0 Å². The molecule has 2 rings (SSSR count). The zero-order valence-electron chi connectivity index (χ0n) is 15.5. The van der Waals surface area contributed by atoms with E-state index in [2.05, 4.69) is 37.3 Å². The van der Waals surface area contributed by atoms with Crippen LogP contribution in [0.5, 0.6) is 0 Å². The van der Waals surface area contributed by atoms with E-state index < -0.39 is 0 Å². The Hall–Kier alpha value is -0.900. The van der Waals surface area contributed by atoms with Gasteiger partial charge in [-0.05, 0) is 12.8 Å². The number of nitrogens with zero attached hydrogens (tertiary/aromatic N) is 4. The molecule has 8 heteroatoms. The van der Waals surface area contributed by atoms with E-state index in [1.54, 1.807) is 13.4 Å². The second kappa shape index (κ2) is 13.3. The lowest BCUT2D eigenvalue weighted by atomic mass is 10.1. The van der Waals surface area contributed by atoms with Crippen LogP contribution in [-0.2, 0) is 17.7 Å². The first-order valence-corrected chi connectivity index (χ1v) is 9.26. The summed E-state index contributed by atoms with van der Waals surface area (Å²) in [4.78, 5) is 4.25. The van der Waals surface area contributed by atoms with Crippen LogP contribution in [0.25, 0.3) is 0 Å². The number of hydrogen-bond acceptors (Lipinski definition) is 4. The first-order chi connectivity index (χ1) is 11.8. The highest BCUT2D eigenvalue weighted by Gasteiger charge is 2.12. The van der Waals surface area contributed by atoms with Gasteiger partial charge in [-0.15, -0.1) is 34.2 Å². The molecule has 0 aromatic carbocycles. The highest BCUT2D eigenvalue weighted by Crippen LogP contribution is 2.19. The van der Waals surface area contributed by atoms with Gasteiger partial charge in [-0.25, -0.2) is 0 Å². The highest BCUT2D eigenvalue weighted by atomic mass is 127. The fourth-order valence-corrected chi connectivity index (χ4v) is 3.06. The van der Waals surface area contributed by atoms with Crippen molar-refractivity contribution in [1.82, 2.24) is 25.4 Å². The van der Waals surface area contributed by atoms with Crippen LogP contribution in [0.2, 0.25) is 0 Å². The quantitative estimate of drug-likeness (QED) is 0.203. The van der Waals surface area contributed by atoms with E-state index >= 15 is 0 Å². The summed E-state index contributed by atoms with van der Waals surface area (Å²) in [5, 5.41) is 14.7. The monoisotopic (exact) mass is 464 g/mol. The first kappa shape index (κ1) is 22.1. The zero-order valence-corrected chi connectivity index (χ0v) is 17.9. The van der Waals surface area contributed by atoms with Crippen LogP contribution in [0.3, 0.4) is 0 Å². The summed E-state index contributed by atoms with van der Waals surface area (Å²) in [6.07, 6.45) is 10.9. The second-order valence-corrected chi connectivity index (χ2v) is 6.20. The van der Waals surface area contributed by atoms with E-state index in [0.717, 1.165) is 44.4 Å². The van der Waals surface area contributed by atoms with Crippen molar-refractivity contribution in [2.24, 2.45) is 4.99 Å². The fourth-order valence-electron chi connectivity index (χ4n) is 3.06. The Morgan fingerprint density at radius 1 is 1.24 bits per heavy atom. The lowest BCUT2D eigenvalue weighted by molar-refractivity contribution is 0.0468. The third-order valence-electron chi connectivity index (χ3n) is 4.43. The van der Waals surface area contributed by atoms with Gasteiger partial charge in [0.05, 0.1) is 12.7 Å². The minimum atomic E-state index is 0. The number of aliphatic imine (C=N–C) groups is 1. The summed E-state index contributed by atoms with van der Waals surface area (Å²) in [5.41, 5.74) is 0. The summed E-state index contributed by atoms with van der Waals surface area (Å²) >= 11 is 0. The maximum Gasteiger partial charge on any atom is 0.191 e. The molecule has 7 nitrogen and oxygen atoms in total. The van der Waals surface area contributed by atoms with Gasteiger partial charge in [-0.1, -0.05) is 32.6 Å². The van der Waals surface area contributed by atoms with Crippen LogP contribution in [-0.4, -0.2) is 53.6 Å². The topological polar surface area (TPSA) is 76.4 Å². The normalized spacial score (nSPS) is 16.2. The van der Waals surface area contributed by atoms with Crippen molar-refractivity contribution >= 4 is 29.9 Å². The van der Waals surface area contributed by atoms with Crippen molar-refractivity contribution in [2.45, 2.75) is 64.5 Å². The standard InChI is InChI=1S/C17H32N6O.HI/c1-3-16-22-21-14-23(16)12-10-19-17(18-2)20-11-13-24-15-8-6-4-5-7-9-15;/h14-15H,3-13H2,1-2H3,(H2,18,19,20);1H. The van der Waals surface area contributed by atoms with Crippen molar-refractivity contribution < 1.29 is 4.74 Å². The molecule has 144 valence electrons. The number of nitrogens with one attached hydrogen (secondary N) is 2. The van der Waals surface area contributed by atoms with Gasteiger partial charge in [-0.3, -0.25) is 4.99 Å². The summed E-state index contributed by atoms with van der Waals surface area (Å²) in [6, 6.07) is 0. The molecule has 0 unspecified atom stereocenters. The Kier molecular flexibility index (Phi) is 11.8. The predicted molar refractivity (Wildman–Crippen MR) is 112 cm³/mol. The first-order valence-electron chi connectivity index (χ1n) is 9.26. The summed E-state index contributed by atoms with van der Waals surface area (Å²) in [6.45, 7) is 5.21. The molecule has 0 radical (unpaired) electrons. The molecule has 0 atom stereocenters. The molecule has 1 fully saturated rings. The van der Waals surface area contributed by atoms with Gasteiger partial charge in [0, 0.05) is 33.1 Å². The molecule has 25 heavy (non-hydrogen) atoms. The second-order valence-electron chi connectivity index (χ2n) is 6.20. The van der Waals surface area contributed by atoms with Crippen LogP contribution >= 0.6 is 24.0 Å². The smallest absolute Gasteiger partial charge is 0.191 e. The zero-order chi connectivity index (χ0) is 17.0. The van der Waals surface area contributed by atoms with Crippen LogP contribution in [0.4, 0.5) is 0 Å². The Balaban J connectivity index is 0.00000312. The lowest BCUT2D eigenvalue weighted by Gasteiger charge is -2.17. The molecule has 0 saturated heterocycles. The Morgan fingerprint density at radius 2 is 1.96 bits per heavy atom. The summed E-state index contributed by atoms with van der Waals surface area (Å²) < 4.78 is 8.05. The van der Waals surface area contributed by atoms with Crippen LogP contribution in [0, 0.1) is 0 Å². The van der Waals surface area contributed by atoms with Crippen LogP contribution in [0.1, 0.15) is 51.3 Å². The summed E-state index contributed by atoms with van der Waals surface area (Å²) in [7, 11) is 1.79. The van der Waals surface area contributed by atoms with E-state index in [9.17, 15) is 0 Å². The summed E-state index contributed by atoms with van der Waals surface area (Å²) in [5.74, 6) is 1.82. The lowest BCUT2D eigenvalue weighted by Crippen LogP contribution is -2.40. The Morgan fingerprint density at radius 3 is 2.64 bits per heavy atom. The molecule has 0 aliphatic heterocycles. The molecule has 1 aliphatic carbocycles. The molecule has 1 aliphatic rings. The van der Waals surface area contributed by atoms with Crippen LogP contribution < -0.4 is 10.6 Å². The SMILES string of the molecule is CCc1nncn1CCNC(=NC)NCCOC1CCCCCC1.I. The average Bonchev–Trinajstić information content (AvgIpc) is 2.90. The fraction of sp³-hybridized carbons (Fsp3) is 0.824. The van der Waals surface area contributed by atoms with E-state index in [4.69, 9.17) is 4.74 Å². The van der Waals surface area contributed by atoms with Gasteiger partial charge in [0.2, 0.25) is 0 Å². The maximum atomic E-state index is 5.99.